The zero-order valence-electron chi connectivity index (χ0n) is 13.8. The van der Waals surface area contributed by atoms with Crippen LogP contribution in [0.25, 0.3) is 0 Å². The van der Waals surface area contributed by atoms with Crippen molar-refractivity contribution < 1.29 is 30.3 Å². The van der Waals surface area contributed by atoms with E-state index in [4.69, 9.17) is 0 Å². The minimum atomic E-state index is -4.96. The average Bonchev–Trinajstić information content (AvgIpc) is 2.53. The van der Waals surface area contributed by atoms with Crippen LogP contribution in [0.1, 0.15) is 11.1 Å². The minimum absolute atomic E-state index is 0.0200. The molecule has 0 fully saturated rings. The van der Waals surface area contributed by atoms with E-state index in [0.29, 0.717) is 12.1 Å². The number of rotatable bonds is 6. The Kier molecular flexibility index (Phi) is 5.30. The zero-order valence-corrected chi connectivity index (χ0v) is 15.5. The minimum Gasteiger partial charge on any atom is -0.258 e. The maximum atomic E-state index is 12.4. The lowest BCUT2D eigenvalue weighted by atomic mass is 10.2. The molecule has 0 aromatic heterocycles. The number of hydrogen-bond acceptors (Lipinski definition) is 9. The van der Waals surface area contributed by atoms with E-state index in [1.165, 1.54) is 13.8 Å². The Morgan fingerprint density at radius 2 is 1.07 bits per heavy atom. The third kappa shape index (κ3) is 4.27. The summed E-state index contributed by atoms with van der Waals surface area (Å²) < 4.78 is 53.9. The predicted octanol–water partition coefficient (Wildman–Crippen LogP) is 2.21. The first-order valence-electron chi connectivity index (χ1n) is 7.06. The van der Waals surface area contributed by atoms with E-state index in [1.807, 2.05) is 0 Å². The average molecular weight is 416 g/mol. The Morgan fingerprint density at radius 3 is 1.37 bits per heavy atom. The maximum absolute atomic E-state index is 12.4. The molecule has 0 aliphatic rings. The van der Waals surface area contributed by atoms with Crippen LogP contribution in [0.15, 0.2) is 46.2 Å². The van der Waals surface area contributed by atoms with Gasteiger partial charge in [0, 0.05) is 24.3 Å². The van der Waals surface area contributed by atoms with E-state index in [-0.39, 0.29) is 11.1 Å². The van der Waals surface area contributed by atoms with Crippen LogP contribution in [-0.4, -0.2) is 26.7 Å². The smallest absolute Gasteiger partial charge is 0.258 e. The van der Waals surface area contributed by atoms with E-state index in [0.717, 1.165) is 24.3 Å². The second kappa shape index (κ2) is 7.02. The van der Waals surface area contributed by atoms with Crippen molar-refractivity contribution in [2.24, 2.45) is 0 Å². The molecule has 11 nitrogen and oxygen atoms in total. The molecule has 2 aromatic carbocycles. The van der Waals surface area contributed by atoms with Crippen molar-refractivity contribution in [2.45, 2.75) is 23.6 Å². The summed E-state index contributed by atoms with van der Waals surface area (Å²) in [5.74, 6) is 0. The number of non-ortho nitro benzene ring substituents is 2. The molecule has 0 N–H and O–H groups in total. The lowest BCUT2D eigenvalue weighted by Crippen LogP contribution is -2.16. The van der Waals surface area contributed by atoms with Crippen molar-refractivity contribution in [3.63, 3.8) is 0 Å². The summed E-state index contributed by atoms with van der Waals surface area (Å²) in [5.41, 5.74) is -1.11. The van der Waals surface area contributed by atoms with Gasteiger partial charge in [0.15, 0.2) is 0 Å². The standard InChI is InChI=1S/C14H12N2O9S2/c1-9-3-5-11(15(17)18)7-13(9)26(21,22)25-27(23,24)14-8-12(16(19)20)6-4-10(14)2/h3-8H,1-2H3. The van der Waals surface area contributed by atoms with Crippen LogP contribution in [0.4, 0.5) is 11.4 Å². The van der Waals surface area contributed by atoms with Crippen LogP contribution < -0.4 is 0 Å². The molecule has 27 heavy (non-hydrogen) atoms. The lowest BCUT2D eigenvalue weighted by Gasteiger charge is -2.10. The van der Waals surface area contributed by atoms with Gasteiger partial charge in [0.2, 0.25) is 0 Å². The van der Waals surface area contributed by atoms with E-state index in [9.17, 15) is 37.1 Å². The van der Waals surface area contributed by atoms with Crippen molar-refractivity contribution in [1.29, 1.82) is 0 Å². The molecule has 0 aliphatic carbocycles. The highest BCUT2D eigenvalue weighted by Crippen LogP contribution is 2.29. The molecule has 0 radical (unpaired) electrons. The van der Waals surface area contributed by atoms with Gasteiger partial charge in [-0.25, -0.2) is 0 Å². The fourth-order valence-corrected chi connectivity index (χ4v) is 5.12. The SMILES string of the molecule is Cc1ccc([N+](=O)[O-])cc1S(=O)(=O)OS(=O)(=O)c1cc([N+](=O)[O-])ccc1C. The summed E-state index contributed by atoms with van der Waals surface area (Å²) in [6.07, 6.45) is 0. The third-order valence-corrected chi connectivity index (χ3v) is 6.87. The van der Waals surface area contributed by atoms with E-state index in [2.05, 4.69) is 3.63 Å². The first-order chi connectivity index (χ1) is 12.3. The predicted molar refractivity (Wildman–Crippen MR) is 91.1 cm³/mol. The molecule has 0 amide bonds. The van der Waals surface area contributed by atoms with Gasteiger partial charge >= 0.3 is 20.2 Å². The highest BCUT2D eigenvalue weighted by molar-refractivity contribution is 8.00. The number of benzene rings is 2. The molecule has 0 spiro atoms. The number of nitro groups is 2. The molecule has 0 aliphatic heterocycles. The number of nitro benzene ring substituents is 2. The van der Waals surface area contributed by atoms with Crippen molar-refractivity contribution in [2.75, 3.05) is 0 Å². The normalized spacial score (nSPS) is 11.9. The summed E-state index contributed by atoms with van der Waals surface area (Å²) in [7, 11) is -9.93. The first kappa shape index (κ1) is 20.4. The monoisotopic (exact) mass is 416 g/mol. The molecule has 2 aromatic rings. The largest absolute Gasteiger partial charge is 0.312 e. The topological polar surface area (TPSA) is 164 Å². The van der Waals surface area contributed by atoms with Gasteiger partial charge in [-0.2, -0.15) is 16.8 Å². The molecule has 2 rings (SSSR count). The van der Waals surface area contributed by atoms with Gasteiger partial charge in [0.25, 0.3) is 11.4 Å². The highest BCUT2D eigenvalue weighted by Gasteiger charge is 2.31. The Labute approximate surface area is 153 Å². The molecule has 0 heterocycles. The van der Waals surface area contributed by atoms with Crippen LogP contribution in [0.2, 0.25) is 0 Å². The van der Waals surface area contributed by atoms with Gasteiger partial charge in [-0.15, -0.1) is 3.63 Å². The van der Waals surface area contributed by atoms with Gasteiger partial charge in [-0.05, 0) is 25.0 Å². The van der Waals surface area contributed by atoms with Gasteiger partial charge in [0.05, 0.1) is 9.85 Å². The number of hydrogen-bond donors (Lipinski definition) is 0. The van der Waals surface area contributed by atoms with Gasteiger partial charge in [-0.3, -0.25) is 20.2 Å². The Balaban J connectivity index is 2.55. The quantitative estimate of drug-likeness (QED) is 0.507. The fourth-order valence-electron chi connectivity index (χ4n) is 2.13. The van der Waals surface area contributed by atoms with Gasteiger partial charge in [0.1, 0.15) is 9.79 Å². The van der Waals surface area contributed by atoms with Crippen LogP contribution >= 0.6 is 0 Å². The zero-order chi connectivity index (χ0) is 20.6. The van der Waals surface area contributed by atoms with Gasteiger partial charge < -0.3 is 0 Å². The van der Waals surface area contributed by atoms with Crippen LogP contribution in [0.3, 0.4) is 0 Å². The van der Waals surface area contributed by atoms with Crippen molar-refractivity contribution in [3.8, 4) is 0 Å². The van der Waals surface area contributed by atoms with Crippen LogP contribution in [0.5, 0.6) is 0 Å². The molecule has 0 saturated heterocycles. The van der Waals surface area contributed by atoms with E-state index in [1.54, 1.807) is 0 Å². The summed E-state index contributed by atoms with van der Waals surface area (Å²) in [5, 5.41) is 21.7. The molecular formula is C14H12N2O9S2. The fraction of sp³-hybridized carbons (Fsp3) is 0.143. The molecule has 13 heteroatoms. The first-order valence-corrected chi connectivity index (χ1v) is 9.88. The molecule has 0 atom stereocenters. The molecule has 0 unspecified atom stereocenters. The summed E-state index contributed by atoms with van der Waals surface area (Å²) >= 11 is 0. The Bertz CT molecular complexity index is 1060. The Morgan fingerprint density at radius 1 is 0.741 bits per heavy atom. The van der Waals surface area contributed by atoms with E-state index < -0.39 is 51.2 Å². The van der Waals surface area contributed by atoms with Crippen LogP contribution in [-0.2, 0) is 23.9 Å². The molecule has 0 saturated carbocycles. The summed E-state index contributed by atoms with van der Waals surface area (Å²) in [6, 6.07) is 5.68. The van der Waals surface area contributed by atoms with Crippen LogP contribution in [0, 0.1) is 34.1 Å². The molecule has 144 valence electrons. The van der Waals surface area contributed by atoms with Gasteiger partial charge in [-0.1, -0.05) is 12.1 Å². The van der Waals surface area contributed by atoms with Crippen molar-refractivity contribution >= 4 is 31.6 Å². The van der Waals surface area contributed by atoms with E-state index >= 15 is 0 Å². The molecule has 0 bridgehead atoms. The number of nitrogens with zero attached hydrogens (tertiary/aromatic N) is 2. The van der Waals surface area contributed by atoms with Crippen molar-refractivity contribution in [3.05, 3.63) is 67.8 Å². The third-order valence-electron chi connectivity index (χ3n) is 3.48. The molecular weight excluding hydrogens is 404 g/mol. The van der Waals surface area contributed by atoms with Crippen molar-refractivity contribution in [1.82, 2.24) is 0 Å². The lowest BCUT2D eigenvalue weighted by molar-refractivity contribution is -0.385. The highest BCUT2D eigenvalue weighted by atomic mass is 32.3. The second-order valence-electron chi connectivity index (χ2n) is 5.39. The summed E-state index contributed by atoms with van der Waals surface area (Å²) in [4.78, 5) is 18.6. The summed E-state index contributed by atoms with van der Waals surface area (Å²) in [6.45, 7) is 2.59. The second-order valence-corrected chi connectivity index (χ2v) is 8.63. The Hall–Kier alpha value is -2.90. The number of aryl methyl sites for hydroxylation is 2. The maximum Gasteiger partial charge on any atom is 0.312 e.